The first kappa shape index (κ1) is 11.2. The van der Waals surface area contributed by atoms with Gasteiger partial charge in [-0.15, -0.1) is 0 Å². The number of carboxylic acid groups (broad SMARTS) is 1. The average molecular weight is 226 g/mol. The van der Waals surface area contributed by atoms with Crippen molar-refractivity contribution in [3.05, 3.63) is 0 Å². The Balaban J connectivity index is 1.80. The highest BCUT2D eigenvalue weighted by Gasteiger charge is 2.34. The number of hydrogen-bond acceptors (Lipinski definition) is 2. The first-order valence-electron chi connectivity index (χ1n) is 5.96. The summed E-state index contributed by atoms with van der Waals surface area (Å²) in [6.07, 6.45) is 4.98. The molecule has 0 bridgehead atoms. The molecule has 0 aromatic heterocycles. The third-order valence-electron chi connectivity index (χ3n) is 3.57. The number of rotatable bonds is 3. The highest BCUT2D eigenvalue weighted by Crippen LogP contribution is 2.25. The minimum atomic E-state index is -0.892. The number of aliphatic carboxylic acids is 1. The minimum absolute atomic E-state index is 0.211. The topological polar surface area (TPSA) is 69.6 Å². The Morgan fingerprint density at radius 3 is 2.56 bits per heavy atom. The van der Waals surface area contributed by atoms with Crippen molar-refractivity contribution in [2.75, 3.05) is 13.1 Å². The second kappa shape index (κ2) is 4.72. The van der Waals surface area contributed by atoms with E-state index in [1.165, 1.54) is 24.2 Å². The molecule has 1 saturated heterocycles. The lowest BCUT2D eigenvalue weighted by molar-refractivity contribution is -0.141. The zero-order valence-electron chi connectivity index (χ0n) is 9.32. The lowest BCUT2D eigenvalue weighted by Crippen LogP contribution is -2.47. The van der Waals surface area contributed by atoms with E-state index in [0.29, 0.717) is 25.4 Å². The van der Waals surface area contributed by atoms with Crippen LogP contribution in [0.3, 0.4) is 0 Å². The molecule has 0 aromatic rings. The summed E-state index contributed by atoms with van der Waals surface area (Å²) in [7, 11) is 0. The fourth-order valence-corrected chi connectivity index (χ4v) is 2.30. The molecule has 1 aliphatic carbocycles. The molecule has 2 rings (SSSR count). The first-order chi connectivity index (χ1) is 7.68. The normalized spacial score (nSPS) is 25.2. The van der Waals surface area contributed by atoms with Crippen LogP contribution in [-0.4, -0.2) is 41.1 Å². The maximum absolute atomic E-state index is 11.8. The zero-order chi connectivity index (χ0) is 11.5. The van der Waals surface area contributed by atoms with Gasteiger partial charge in [0.25, 0.3) is 0 Å². The smallest absolute Gasteiger partial charge is 0.326 e. The van der Waals surface area contributed by atoms with Crippen LogP contribution in [0, 0.1) is 5.92 Å². The van der Waals surface area contributed by atoms with E-state index in [2.05, 4.69) is 5.32 Å². The Morgan fingerprint density at radius 1 is 1.25 bits per heavy atom. The summed E-state index contributed by atoms with van der Waals surface area (Å²) in [5, 5.41) is 11.8. The number of nitrogens with one attached hydrogen (secondary N) is 1. The van der Waals surface area contributed by atoms with Crippen molar-refractivity contribution in [2.24, 2.45) is 5.92 Å². The highest BCUT2D eigenvalue weighted by molar-refractivity contribution is 5.83. The number of amides is 2. The molecule has 1 saturated carbocycles. The summed E-state index contributed by atoms with van der Waals surface area (Å²) in [5.41, 5.74) is 0. The van der Waals surface area contributed by atoms with E-state index in [1.54, 1.807) is 0 Å². The number of hydrogen-bond donors (Lipinski definition) is 2. The molecule has 2 amide bonds. The molecule has 1 aliphatic heterocycles. The summed E-state index contributed by atoms with van der Waals surface area (Å²) < 4.78 is 0. The van der Waals surface area contributed by atoms with Gasteiger partial charge in [-0.3, -0.25) is 0 Å². The molecule has 0 aromatic carbocycles. The van der Waals surface area contributed by atoms with Crippen LogP contribution < -0.4 is 5.32 Å². The van der Waals surface area contributed by atoms with Crippen molar-refractivity contribution >= 4 is 12.0 Å². The van der Waals surface area contributed by atoms with Crippen LogP contribution in [-0.2, 0) is 4.79 Å². The van der Waals surface area contributed by atoms with Gasteiger partial charge < -0.3 is 15.3 Å². The molecule has 2 aliphatic rings. The van der Waals surface area contributed by atoms with Gasteiger partial charge >= 0.3 is 12.0 Å². The van der Waals surface area contributed by atoms with Crippen LogP contribution in [0.1, 0.15) is 32.1 Å². The molecule has 5 nitrogen and oxygen atoms in total. The molecule has 0 radical (unpaired) electrons. The number of carbonyl (C=O) groups excluding carboxylic acids is 1. The van der Waals surface area contributed by atoms with Gasteiger partial charge in [0, 0.05) is 13.1 Å². The Kier molecular flexibility index (Phi) is 3.31. The summed E-state index contributed by atoms with van der Waals surface area (Å²) in [5.74, 6) is -0.286. The Morgan fingerprint density at radius 2 is 2.00 bits per heavy atom. The Labute approximate surface area is 94.8 Å². The summed E-state index contributed by atoms with van der Waals surface area (Å²) in [4.78, 5) is 24.1. The molecule has 0 spiro atoms. The van der Waals surface area contributed by atoms with Crippen LogP contribution in [0.4, 0.5) is 4.79 Å². The van der Waals surface area contributed by atoms with Crippen molar-refractivity contribution in [1.29, 1.82) is 0 Å². The molecule has 1 atom stereocenters. The average Bonchev–Trinajstić information content (AvgIpc) is 2.63. The van der Waals surface area contributed by atoms with Gasteiger partial charge in [0.15, 0.2) is 0 Å². The molecule has 1 heterocycles. The van der Waals surface area contributed by atoms with Gasteiger partial charge in [-0.1, -0.05) is 6.42 Å². The molecule has 5 heteroatoms. The van der Waals surface area contributed by atoms with Gasteiger partial charge in [-0.25, -0.2) is 9.59 Å². The third-order valence-corrected chi connectivity index (χ3v) is 3.57. The molecular formula is C11H18N2O3. The Bertz CT molecular complexity index is 289. The number of likely N-dealkylation sites (tertiary alicyclic amines) is 1. The fourth-order valence-electron chi connectivity index (χ4n) is 2.30. The number of urea groups is 1. The van der Waals surface area contributed by atoms with Gasteiger partial charge in [-0.2, -0.15) is 0 Å². The summed E-state index contributed by atoms with van der Waals surface area (Å²) in [6, 6.07) is -0.835. The molecular weight excluding hydrogens is 208 g/mol. The lowest BCUT2D eigenvalue weighted by atomic mass is 9.85. The second-order valence-corrected chi connectivity index (χ2v) is 4.67. The zero-order valence-corrected chi connectivity index (χ0v) is 9.32. The second-order valence-electron chi connectivity index (χ2n) is 4.67. The highest BCUT2D eigenvalue weighted by atomic mass is 16.4. The van der Waals surface area contributed by atoms with E-state index in [1.807, 2.05) is 0 Å². The molecule has 2 N–H and O–H groups in total. The van der Waals surface area contributed by atoms with Crippen molar-refractivity contribution < 1.29 is 14.7 Å². The van der Waals surface area contributed by atoms with E-state index in [4.69, 9.17) is 5.11 Å². The largest absolute Gasteiger partial charge is 0.480 e. The minimum Gasteiger partial charge on any atom is -0.480 e. The number of carboxylic acids is 1. The number of nitrogens with zero attached hydrogens (tertiary/aromatic N) is 1. The standard InChI is InChI=1S/C11H18N2O3/c14-10(15)9-5-2-6-13(9)11(16)12-7-8-3-1-4-8/h8-9H,1-7H2,(H,12,16)(H,14,15). The van der Waals surface area contributed by atoms with E-state index in [9.17, 15) is 9.59 Å². The summed E-state index contributed by atoms with van der Waals surface area (Å²) >= 11 is 0. The van der Waals surface area contributed by atoms with Crippen molar-refractivity contribution in [3.63, 3.8) is 0 Å². The maximum Gasteiger partial charge on any atom is 0.326 e. The third kappa shape index (κ3) is 2.28. The predicted octanol–water partition coefficient (Wildman–Crippen LogP) is 1.05. The molecule has 90 valence electrons. The van der Waals surface area contributed by atoms with Crippen LogP contribution in [0.15, 0.2) is 0 Å². The van der Waals surface area contributed by atoms with Crippen LogP contribution in [0.2, 0.25) is 0 Å². The quantitative estimate of drug-likeness (QED) is 0.755. The van der Waals surface area contributed by atoms with Gasteiger partial charge in [-0.05, 0) is 31.6 Å². The van der Waals surface area contributed by atoms with Gasteiger partial charge in [0.05, 0.1) is 0 Å². The van der Waals surface area contributed by atoms with Gasteiger partial charge in [0.2, 0.25) is 0 Å². The van der Waals surface area contributed by atoms with Crippen molar-refractivity contribution in [2.45, 2.75) is 38.1 Å². The van der Waals surface area contributed by atoms with Crippen LogP contribution >= 0.6 is 0 Å². The van der Waals surface area contributed by atoms with Crippen LogP contribution in [0.5, 0.6) is 0 Å². The van der Waals surface area contributed by atoms with E-state index < -0.39 is 12.0 Å². The van der Waals surface area contributed by atoms with E-state index >= 15 is 0 Å². The van der Waals surface area contributed by atoms with Gasteiger partial charge in [0.1, 0.15) is 6.04 Å². The Hall–Kier alpha value is -1.26. The molecule has 1 unspecified atom stereocenters. The fraction of sp³-hybridized carbons (Fsp3) is 0.818. The molecule has 16 heavy (non-hydrogen) atoms. The lowest BCUT2D eigenvalue weighted by Gasteiger charge is -2.28. The van der Waals surface area contributed by atoms with E-state index in [-0.39, 0.29) is 6.03 Å². The van der Waals surface area contributed by atoms with Crippen molar-refractivity contribution in [1.82, 2.24) is 10.2 Å². The summed E-state index contributed by atoms with van der Waals surface area (Å²) in [6.45, 7) is 1.26. The SMILES string of the molecule is O=C(O)C1CCCN1C(=O)NCC1CCC1. The van der Waals surface area contributed by atoms with Crippen molar-refractivity contribution in [3.8, 4) is 0 Å². The first-order valence-corrected chi connectivity index (χ1v) is 5.96. The maximum atomic E-state index is 11.8. The van der Waals surface area contributed by atoms with Crippen LogP contribution in [0.25, 0.3) is 0 Å². The predicted molar refractivity (Wildman–Crippen MR) is 58.1 cm³/mol. The molecule has 2 fully saturated rings. The monoisotopic (exact) mass is 226 g/mol. The van der Waals surface area contributed by atoms with E-state index in [0.717, 1.165) is 6.42 Å². The number of carbonyl (C=O) groups is 2.